The molecule has 11 heavy (non-hydrogen) atoms. The minimum Gasteiger partial charge on any atom is -0.375 e. The summed E-state index contributed by atoms with van der Waals surface area (Å²) in [7, 11) is -4.73. The average Bonchev–Trinajstić information content (AvgIpc) is 1.83. The van der Waals surface area contributed by atoms with Gasteiger partial charge in [-0.3, -0.25) is 4.55 Å². The molecule has 5 N–H and O–H groups in total. The molecule has 0 bridgehead atoms. The Morgan fingerprint density at radius 3 is 2.00 bits per heavy atom. The van der Waals surface area contributed by atoms with Crippen molar-refractivity contribution in [3.8, 4) is 0 Å². The quantitative estimate of drug-likeness (QED) is 0.305. The van der Waals surface area contributed by atoms with Crippen LogP contribution in [0.5, 0.6) is 0 Å². The van der Waals surface area contributed by atoms with Crippen LogP contribution >= 0.6 is 0 Å². The number of aliphatic hydroxyl groups is 2. The number of nitrogens with two attached hydrogens (primary N) is 1. The molecule has 7 heteroatoms. The number of rotatable bonds is 3. The largest absolute Gasteiger partial charge is 0.375 e. The Bertz CT molecular complexity index is 223. The highest BCUT2D eigenvalue weighted by atomic mass is 32.2. The molecule has 0 aliphatic rings. The molecular formula is C4H11NO5S. The van der Waals surface area contributed by atoms with E-state index in [1.54, 1.807) is 0 Å². The second-order valence-electron chi connectivity index (χ2n) is 2.12. The molecule has 0 rings (SSSR count). The number of aliphatic hydroxyl groups excluding tert-OH is 1. The fourth-order valence-electron chi connectivity index (χ4n) is 0.544. The Kier molecular flexibility index (Phi) is 2.98. The molecule has 0 saturated carbocycles. The van der Waals surface area contributed by atoms with Gasteiger partial charge < -0.3 is 15.9 Å². The summed E-state index contributed by atoms with van der Waals surface area (Å²) in [6.07, 6.45) is -2.40. The first-order valence-corrected chi connectivity index (χ1v) is 4.32. The second kappa shape index (κ2) is 3.03. The molecule has 2 unspecified atom stereocenters. The van der Waals surface area contributed by atoms with Gasteiger partial charge in [-0.2, -0.15) is 8.42 Å². The summed E-state index contributed by atoms with van der Waals surface area (Å²) in [5.41, 5.74) is 4.73. The predicted molar refractivity (Wildman–Crippen MR) is 37.0 cm³/mol. The molecule has 0 radical (unpaired) electrons. The Hall–Kier alpha value is -0.210. The van der Waals surface area contributed by atoms with Gasteiger partial charge in [0.25, 0.3) is 10.1 Å². The molecule has 0 aliphatic carbocycles. The SMILES string of the molecule is CCC(O)(C(N)O)S(=O)(=O)O. The standard InChI is InChI=1S/C4H11NO5S/c1-2-4(7,3(5)6)11(8,9)10/h3,6-7H,2,5H2,1H3,(H,8,9,10). The van der Waals surface area contributed by atoms with Crippen LogP contribution in [0.3, 0.4) is 0 Å². The third kappa shape index (κ3) is 1.88. The monoisotopic (exact) mass is 185 g/mol. The smallest absolute Gasteiger partial charge is 0.299 e. The van der Waals surface area contributed by atoms with Gasteiger partial charge >= 0.3 is 0 Å². The fraction of sp³-hybridized carbons (Fsp3) is 1.00. The van der Waals surface area contributed by atoms with Crippen LogP contribution in [0.1, 0.15) is 13.3 Å². The normalized spacial score (nSPS) is 20.8. The first-order valence-electron chi connectivity index (χ1n) is 2.88. The zero-order valence-electron chi connectivity index (χ0n) is 5.93. The van der Waals surface area contributed by atoms with Crippen LogP contribution in [-0.2, 0) is 10.1 Å². The van der Waals surface area contributed by atoms with Gasteiger partial charge in [0.1, 0.15) is 6.23 Å². The van der Waals surface area contributed by atoms with Crippen molar-refractivity contribution >= 4 is 10.1 Å². The zero-order valence-corrected chi connectivity index (χ0v) is 6.74. The van der Waals surface area contributed by atoms with Crippen LogP contribution in [0.25, 0.3) is 0 Å². The summed E-state index contributed by atoms with van der Waals surface area (Å²) < 4.78 is 29.2. The zero-order chi connectivity index (χ0) is 9.28. The maximum atomic E-state index is 10.4. The molecule has 0 spiro atoms. The molecule has 6 nitrogen and oxygen atoms in total. The lowest BCUT2D eigenvalue weighted by Gasteiger charge is -2.25. The first-order chi connectivity index (χ1) is 4.75. The Labute approximate surface area is 64.4 Å². The third-order valence-corrected chi connectivity index (χ3v) is 2.84. The van der Waals surface area contributed by atoms with Crippen molar-refractivity contribution in [3.63, 3.8) is 0 Å². The molecule has 2 atom stereocenters. The lowest BCUT2D eigenvalue weighted by Crippen LogP contribution is -2.53. The van der Waals surface area contributed by atoms with E-state index in [-0.39, 0.29) is 6.42 Å². The molecule has 0 amide bonds. The summed E-state index contributed by atoms with van der Waals surface area (Å²) in [6.45, 7) is 1.27. The van der Waals surface area contributed by atoms with Crippen molar-refractivity contribution in [3.05, 3.63) is 0 Å². The van der Waals surface area contributed by atoms with Gasteiger partial charge in [0.15, 0.2) is 0 Å². The van der Waals surface area contributed by atoms with Gasteiger partial charge in [0.05, 0.1) is 0 Å². The number of hydrogen-bond donors (Lipinski definition) is 4. The lowest BCUT2D eigenvalue weighted by atomic mass is 10.2. The van der Waals surface area contributed by atoms with Gasteiger partial charge in [-0.25, -0.2) is 0 Å². The van der Waals surface area contributed by atoms with Crippen molar-refractivity contribution in [2.24, 2.45) is 5.73 Å². The fourth-order valence-corrected chi connectivity index (χ4v) is 1.21. The molecule has 0 fully saturated rings. The Morgan fingerprint density at radius 1 is 1.64 bits per heavy atom. The van der Waals surface area contributed by atoms with E-state index in [2.05, 4.69) is 0 Å². The molecule has 0 heterocycles. The van der Waals surface area contributed by atoms with Crippen molar-refractivity contribution < 1.29 is 23.2 Å². The summed E-state index contributed by atoms with van der Waals surface area (Å²) in [5, 5.41) is 17.6. The van der Waals surface area contributed by atoms with Crippen molar-refractivity contribution in [1.29, 1.82) is 0 Å². The van der Waals surface area contributed by atoms with E-state index in [9.17, 15) is 8.42 Å². The maximum absolute atomic E-state index is 10.4. The molecule has 68 valence electrons. The van der Waals surface area contributed by atoms with E-state index in [0.29, 0.717) is 0 Å². The summed E-state index contributed by atoms with van der Waals surface area (Å²) >= 11 is 0. The topological polar surface area (TPSA) is 121 Å². The number of hydrogen-bond acceptors (Lipinski definition) is 5. The minimum absolute atomic E-state index is 0.385. The van der Waals surface area contributed by atoms with Crippen LogP contribution in [0, 0.1) is 0 Å². The maximum Gasteiger partial charge on any atom is 0.299 e. The van der Waals surface area contributed by atoms with Crippen LogP contribution < -0.4 is 5.73 Å². The molecule has 0 saturated heterocycles. The van der Waals surface area contributed by atoms with Crippen LogP contribution in [0.4, 0.5) is 0 Å². The van der Waals surface area contributed by atoms with E-state index in [4.69, 9.17) is 20.5 Å². The van der Waals surface area contributed by atoms with Gasteiger partial charge in [-0.15, -0.1) is 0 Å². The van der Waals surface area contributed by atoms with Gasteiger partial charge in [0, 0.05) is 0 Å². The lowest BCUT2D eigenvalue weighted by molar-refractivity contribution is -0.0178. The average molecular weight is 185 g/mol. The Morgan fingerprint density at radius 2 is 2.00 bits per heavy atom. The molecule has 0 aromatic heterocycles. The van der Waals surface area contributed by atoms with E-state index < -0.39 is 21.3 Å². The summed E-state index contributed by atoms with van der Waals surface area (Å²) in [5.74, 6) is 0. The molecule has 0 aromatic carbocycles. The highest BCUT2D eigenvalue weighted by Crippen LogP contribution is 2.18. The van der Waals surface area contributed by atoms with E-state index in [0.717, 1.165) is 0 Å². The van der Waals surface area contributed by atoms with E-state index in [1.807, 2.05) is 0 Å². The van der Waals surface area contributed by atoms with Gasteiger partial charge in [-0.1, -0.05) is 6.92 Å². The highest BCUT2D eigenvalue weighted by Gasteiger charge is 2.44. The van der Waals surface area contributed by atoms with E-state index in [1.165, 1.54) is 6.92 Å². The van der Waals surface area contributed by atoms with Crippen LogP contribution in [0.15, 0.2) is 0 Å². The highest BCUT2D eigenvalue weighted by molar-refractivity contribution is 7.87. The van der Waals surface area contributed by atoms with Crippen molar-refractivity contribution in [2.45, 2.75) is 24.5 Å². The first kappa shape index (κ1) is 10.8. The van der Waals surface area contributed by atoms with E-state index >= 15 is 0 Å². The van der Waals surface area contributed by atoms with Gasteiger partial charge in [0.2, 0.25) is 4.93 Å². The van der Waals surface area contributed by atoms with Crippen molar-refractivity contribution in [2.75, 3.05) is 0 Å². The molecule has 0 aliphatic heterocycles. The van der Waals surface area contributed by atoms with Gasteiger partial charge in [-0.05, 0) is 6.42 Å². The molecular weight excluding hydrogens is 174 g/mol. The van der Waals surface area contributed by atoms with Crippen molar-refractivity contribution in [1.82, 2.24) is 0 Å². The second-order valence-corrected chi connectivity index (χ2v) is 3.78. The predicted octanol–water partition coefficient (Wildman–Crippen LogP) is -1.75. The van der Waals surface area contributed by atoms with Crippen LogP contribution in [0.2, 0.25) is 0 Å². The summed E-state index contributed by atoms with van der Waals surface area (Å²) in [4.78, 5) is -2.66. The molecule has 0 aromatic rings. The Balaban J connectivity index is 4.92. The minimum atomic E-state index is -4.73. The van der Waals surface area contributed by atoms with Crippen LogP contribution in [-0.4, -0.2) is 34.3 Å². The summed E-state index contributed by atoms with van der Waals surface area (Å²) in [6, 6.07) is 0. The third-order valence-electron chi connectivity index (χ3n) is 1.42.